The van der Waals surface area contributed by atoms with Gasteiger partial charge in [-0.2, -0.15) is 16.9 Å². The van der Waals surface area contributed by atoms with Crippen molar-refractivity contribution in [3.05, 3.63) is 24.2 Å². The first-order chi connectivity index (χ1) is 7.34. The predicted molar refractivity (Wildman–Crippen MR) is 61.8 cm³/mol. The first kappa shape index (κ1) is 9.03. The van der Waals surface area contributed by atoms with E-state index < -0.39 is 0 Å². The van der Waals surface area contributed by atoms with Crippen LogP contribution in [0.2, 0.25) is 0 Å². The molecular formula is C10H12N4S. The van der Waals surface area contributed by atoms with E-state index in [1.54, 1.807) is 4.52 Å². The topological polar surface area (TPSA) is 56.2 Å². The summed E-state index contributed by atoms with van der Waals surface area (Å²) >= 11 is 1.94. The van der Waals surface area contributed by atoms with E-state index in [-0.39, 0.29) is 0 Å². The van der Waals surface area contributed by atoms with Crippen molar-refractivity contribution in [3.63, 3.8) is 0 Å². The van der Waals surface area contributed by atoms with Crippen LogP contribution in [0, 0.1) is 0 Å². The van der Waals surface area contributed by atoms with Gasteiger partial charge in [-0.05, 0) is 30.7 Å². The number of fused-ring (bicyclic) bond motifs is 1. The monoisotopic (exact) mass is 220 g/mol. The molecular weight excluding hydrogens is 208 g/mol. The highest BCUT2D eigenvalue weighted by molar-refractivity contribution is 7.99. The largest absolute Gasteiger partial charge is 0.396 e. The molecule has 3 rings (SSSR count). The van der Waals surface area contributed by atoms with Crippen molar-refractivity contribution in [2.24, 2.45) is 0 Å². The van der Waals surface area contributed by atoms with Crippen LogP contribution in [0.3, 0.4) is 0 Å². The zero-order chi connectivity index (χ0) is 10.3. The number of nitrogens with zero attached hydrogens (tertiary/aromatic N) is 3. The Morgan fingerprint density at radius 3 is 3.20 bits per heavy atom. The van der Waals surface area contributed by atoms with E-state index in [1.165, 1.54) is 18.6 Å². The Balaban J connectivity index is 2.09. The lowest BCUT2D eigenvalue weighted by atomic mass is 10.2. The SMILES string of the molecule is Nc1cccn2nc(C3CCCS3)nc12. The maximum atomic E-state index is 5.84. The van der Waals surface area contributed by atoms with Crippen LogP contribution >= 0.6 is 11.8 Å². The predicted octanol–water partition coefficient (Wildman–Crippen LogP) is 1.88. The molecule has 0 spiro atoms. The Morgan fingerprint density at radius 2 is 2.47 bits per heavy atom. The van der Waals surface area contributed by atoms with E-state index in [2.05, 4.69) is 10.1 Å². The van der Waals surface area contributed by atoms with E-state index in [4.69, 9.17) is 5.73 Å². The maximum Gasteiger partial charge on any atom is 0.178 e. The molecule has 2 aromatic heterocycles. The third kappa shape index (κ3) is 1.47. The van der Waals surface area contributed by atoms with Gasteiger partial charge in [0.15, 0.2) is 11.5 Å². The number of nitrogen functional groups attached to an aromatic ring is 1. The van der Waals surface area contributed by atoms with Crippen molar-refractivity contribution >= 4 is 23.1 Å². The maximum absolute atomic E-state index is 5.84. The zero-order valence-corrected chi connectivity index (χ0v) is 9.07. The minimum atomic E-state index is 0.462. The molecule has 78 valence electrons. The summed E-state index contributed by atoms with van der Waals surface area (Å²) in [6, 6.07) is 3.75. The van der Waals surface area contributed by atoms with Gasteiger partial charge in [0.25, 0.3) is 0 Å². The Hall–Kier alpha value is -1.23. The molecule has 0 aromatic carbocycles. The molecule has 5 heteroatoms. The van der Waals surface area contributed by atoms with Gasteiger partial charge < -0.3 is 5.73 Å². The summed E-state index contributed by atoms with van der Waals surface area (Å²) in [6.07, 6.45) is 4.34. The molecule has 4 nitrogen and oxygen atoms in total. The third-order valence-electron chi connectivity index (χ3n) is 2.63. The van der Waals surface area contributed by atoms with Gasteiger partial charge in [0.05, 0.1) is 10.9 Å². The molecule has 15 heavy (non-hydrogen) atoms. The molecule has 1 atom stereocenters. The second-order valence-electron chi connectivity index (χ2n) is 3.70. The van der Waals surface area contributed by atoms with E-state index in [9.17, 15) is 0 Å². The van der Waals surface area contributed by atoms with E-state index in [0.29, 0.717) is 10.9 Å². The van der Waals surface area contributed by atoms with Crippen molar-refractivity contribution in [1.29, 1.82) is 0 Å². The summed E-state index contributed by atoms with van der Waals surface area (Å²) in [4.78, 5) is 4.50. The van der Waals surface area contributed by atoms with Gasteiger partial charge in [-0.3, -0.25) is 0 Å². The molecule has 0 bridgehead atoms. The highest BCUT2D eigenvalue weighted by Gasteiger charge is 2.22. The highest BCUT2D eigenvalue weighted by Crippen LogP contribution is 2.38. The average molecular weight is 220 g/mol. The van der Waals surface area contributed by atoms with Crippen LogP contribution < -0.4 is 5.73 Å². The molecule has 2 N–H and O–H groups in total. The van der Waals surface area contributed by atoms with E-state index in [0.717, 1.165) is 11.5 Å². The number of rotatable bonds is 1. The van der Waals surface area contributed by atoms with Crippen molar-refractivity contribution in [2.75, 3.05) is 11.5 Å². The summed E-state index contributed by atoms with van der Waals surface area (Å²) < 4.78 is 1.77. The van der Waals surface area contributed by atoms with Crippen LogP contribution in [0.1, 0.15) is 23.9 Å². The molecule has 1 fully saturated rings. The van der Waals surface area contributed by atoms with Crippen LogP contribution in [0.4, 0.5) is 5.69 Å². The van der Waals surface area contributed by atoms with Crippen LogP contribution in [-0.4, -0.2) is 20.4 Å². The fourth-order valence-electron chi connectivity index (χ4n) is 1.86. The Kier molecular flexibility index (Phi) is 2.05. The first-order valence-corrected chi connectivity index (χ1v) is 6.12. The second-order valence-corrected chi connectivity index (χ2v) is 5.01. The van der Waals surface area contributed by atoms with Gasteiger partial charge >= 0.3 is 0 Å². The zero-order valence-electron chi connectivity index (χ0n) is 8.26. The third-order valence-corrected chi connectivity index (χ3v) is 4.00. The molecule has 1 unspecified atom stereocenters. The Bertz CT molecular complexity index is 487. The van der Waals surface area contributed by atoms with Crippen molar-refractivity contribution in [3.8, 4) is 0 Å². The number of pyridine rings is 1. The van der Waals surface area contributed by atoms with Gasteiger partial charge in [0, 0.05) is 6.20 Å². The molecule has 1 aliphatic heterocycles. The number of nitrogens with two attached hydrogens (primary N) is 1. The summed E-state index contributed by atoms with van der Waals surface area (Å²) in [5, 5.41) is 4.92. The van der Waals surface area contributed by atoms with E-state index >= 15 is 0 Å². The lowest BCUT2D eigenvalue weighted by Crippen LogP contribution is -1.93. The summed E-state index contributed by atoms with van der Waals surface area (Å²) in [5.74, 6) is 2.14. The van der Waals surface area contributed by atoms with Gasteiger partial charge in [-0.1, -0.05) is 0 Å². The summed E-state index contributed by atoms with van der Waals surface area (Å²) in [6.45, 7) is 0. The Labute approximate surface area is 91.9 Å². The minimum Gasteiger partial charge on any atom is -0.396 e. The number of hydrogen-bond donors (Lipinski definition) is 1. The van der Waals surface area contributed by atoms with Crippen molar-refractivity contribution in [1.82, 2.24) is 14.6 Å². The highest BCUT2D eigenvalue weighted by atomic mass is 32.2. The first-order valence-electron chi connectivity index (χ1n) is 5.07. The van der Waals surface area contributed by atoms with Gasteiger partial charge in [0.1, 0.15) is 0 Å². The quantitative estimate of drug-likeness (QED) is 0.797. The number of aromatic nitrogens is 3. The van der Waals surface area contributed by atoms with Crippen LogP contribution in [-0.2, 0) is 0 Å². The normalized spacial score (nSPS) is 21.2. The molecule has 2 aromatic rings. The number of thioether (sulfide) groups is 1. The molecule has 0 radical (unpaired) electrons. The molecule has 1 aliphatic rings. The molecule has 0 amide bonds. The molecule has 1 saturated heterocycles. The molecule has 3 heterocycles. The van der Waals surface area contributed by atoms with Crippen LogP contribution in [0.5, 0.6) is 0 Å². The van der Waals surface area contributed by atoms with Crippen molar-refractivity contribution < 1.29 is 0 Å². The van der Waals surface area contributed by atoms with Gasteiger partial charge in [-0.25, -0.2) is 9.50 Å². The van der Waals surface area contributed by atoms with Crippen molar-refractivity contribution in [2.45, 2.75) is 18.1 Å². The van der Waals surface area contributed by atoms with Gasteiger partial charge in [-0.15, -0.1) is 0 Å². The molecule has 0 aliphatic carbocycles. The molecule has 0 saturated carbocycles. The van der Waals surface area contributed by atoms with Crippen LogP contribution in [0.15, 0.2) is 18.3 Å². The fraction of sp³-hybridized carbons (Fsp3) is 0.400. The summed E-state index contributed by atoms with van der Waals surface area (Å²) in [5.41, 5.74) is 7.31. The number of anilines is 1. The van der Waals surface area contributed by atoms with Gasteiger partial charge in [0.2, 0.25) is 0 Å². The average Bonchev–Trinajstić information content (AvgIpc) is 2.86. The fourth-order valence-corrected chi connectivity index (χ4v) is 3.06. The van der Waals surface area contributed by atoms with Crippen LogP contribution in [0.25, 0.3) is 5.65 Å². The number of hydrogen-bond acceptors (Lipinski definition) is 4. The second kappa shape index (κ2) is 3.41. The minimum absolute atomic E-state index is 0.462. The summed E-state index contributed by atoms with van der Waals surface area (Å²) in [7, 11) is 0. The standard InChI is InChI=1S/C10H12N4S/c11-7-3-1-5-14-10(7)12-9(13-14)8-4-2-6-15-8/h1,3,5,8H,2,4,6,11H2. The lowest BCUT2D eigenvalue weighted by molar-refractivity contribution is 0.770. The van der Waals surface area contributed by atoms with E-state index in [1.807, 2.05) is 30.1 Å². The smallest absolute Gasteiger partial charge is 0.178 e. The lowest BCUT2D eigenvalue weighted by Gasteiger charge is -1.99. The Morgan fingerprint density at radius 1 is 1.53 bits per heavy atom.